The molecule has 29 heavy (non-hydrogen) atoms. The van der Waals surface area contributed by atoms with Crippen molar-refractivity contribution in [3.05, 3.63) is 29.8 Å². The summed E-state index contributed by atoms with van der Waals surface area (Å²) in [6, 6.07) is 6.71. The first-order valence-corrected chi connectivity index (χ1v) is 10.8. The van der Waals surface area contributed by atoms with Crippen molar-refractivity contribution in [3.63, 3.8) is 0 Å². The number of nitrogens with one attached hydrogen (secondary N) is 2. The Morgan fingerprint density at radius 2 is 1.59 bits per heavy atom. The molecular formula is C23H30N2O4. The fraction of sp³-hybridized carbons (Fsp3) is 0.609. The first-order valence-electron chi connectivity index (χ1n) is 10.8. The van der Waals surface area contributed by atoms with Crippen LogP contribution in [0.5, 0.6) is 0 Å². The second-order valence-corrected chi connectivity index (χ2v) is 9.17. The Labute approximate surface area is 171 Å². The molecule has 4 saturated carbocycles. The fourth-order valence-corrected chi connectivity index (χ4v) is 5.94. The Hall–Kier alpha value is -2.37. The summed E-state index contributed by atoms with van der Waals surface area (Å²) in [5.41, 5.74) is 0.849. The van der Waals surface area contributed by atoms with Crippen molar-refractivity contribution in [1.82, 2.24) is 5.32 Å². The van der Waals surface area contributed by atoms with Gasteiger partial charge < -0.3 is 15.4 Å². The van der Waals surface area contributed by atoms with Crippen molar-refractivity contribution < 1.29 is 19.1 Å². The highest BCUT2D eigenvalue weighted by molar-refractivity contribution is 5.97. The average molecular weight is 399 g/mol. The van der Waals surface area contributed by atoms with Gasteiger partial charge in [-0.2, -0.15) is 0 Å². The van der Waals surface area contributed by atoms with Gasteiger partial charge in [-0.15, -0.1) is 0 Å². The molecule has 156 valence electrons. The van der Waals surface area contributed by atoms with E-state index in [0.29, 0.717) is 17.8 Å². The monoisotopic (exact) mass is 398 g/mol. The minimum Gasteiger partial charge on any atom is -0.449 e. The molecule has 2 N–H and O–H groups in total. The summed E-state index contributed by atoms with van der Waals surface area (Å²) in [5.74, 6) is 1.42. The average Bonchev–Trinajstić information content (AvgIpc) is 2.67. The first kappa shape index (κ1) is 19.9. The molecule has 0 radical (unpaired) electrons. The topological polar surface area (TPSA) is 84.5 Å². The predicted octanol–water partition coefficient (Wildman–Crippen LogP) is 3.52. The lowest BCUT2D eigenvalue weighted by Crippen LogP contribution is -2.51. The molecule has 0 aromatic heterocycles. The lowest BCUT2D eigenvalue weighted by Gasteiger charge is -2.55. The number of hydrogen-bond donors (Lipinski definition) is 2. The van der Waals surface area contributed by atoms with Crippen LogP contribution in [-0.4, -0.2) is 30.4 Å². The number of likely N-dealkylation sites (N-methyl/N-ethyl adjacent to an activating group) is 1. The largest absolute Gasteiger partial charge is 0.449 e. The molecule has 0 spiro atoms. The minimum atomic E-state index is -0.849. The number of amides is 2. The summed E-state index contributed by atoms with van der Waals surface area (Å²) in [6.45, 7) is 3.84. The van der Waals surface area contributed by atoms with Crippen LogP contribution in [0.1, 0.15) is 62.7 Å². The smallest absolute Gasteiger partial charge is 0.338 e. The van der Waals surface area contributed by atoms with Crippen molar-refractivity contribution in [2.45, 2.75) is 58.5 Å². The molecule has 1 aromatic rings. The maximum atomic E-state index is 13.1. The van der Waals surface area contributed by atoms with E-state index in [0.717, 1.165) is 37.0 Å². The molecule has 5 rings (SSSR count). The number of benzene rings is 1. The highest BCUT2D eigenvalue weighted by Crippen LogP contribution is 2.60. The number of carbonyl (C=O) groups is 3. The summed E-state index contributed by atoms with van der Waals surface area (Å²) in [7, 11) is 0. The zero-order valence-electron chi connectivity index (χ0n) is 17.2. The molecule has 0 aliphatic heterocycles. The highest BCUT2D eigenvalue weighted by Gasteiger charge is 2.54. The van der Waals surface area contributed by atoms with Crippen LogP contribution in [0.25, 0.3) is 0 Å². The summed E-state index contributed by atoms with van der Waals surface area (Å²) in [5, 5.41) is 5.71. The van der Waals surface area contributed by atoms with Crippen molar-refractivity contribution >= 4 is 23.5 Å². The third-order valence-corrected chi connectivity index (χ3v) is 6.90. The Balaban J connectivity index is 1.37. The molecule has 4 aliphatic rings. The van der Waals surface area contributed by atoms with Gasteiger partial charge in [0.2, 0.25) is 5.91 Å². The molecule has 6 heteroatoms. The van der Waals surface area contributed by atoms with Gasteiger partial charge in [-0.1, -0.05) is 0 Å². The van der Waals surface area contributed by atoms with Crippen LogP contribution in [0.3, 0.4) is 0 Å². The van der Waals surface area contributed by atoms with Crippen LogP contribution in [-0.2, 0) is 14.3 Å². The van der Waals surface area contributed by atoms with E-state index in [9.17, 15) is 14.4 Å². The normalized spacial score (nSPS) is 30.5. The zero-order chi connectivity index (χ0) is 20.6. The number of ether oxygens (including phenoxy) is 1. The van der Waals surface area contributed by atoms with Gasteiger partial charge in [0.1, 0.15) is 0 Å². The van der Waals surface area contributed by atoms with Crippen LogP contribution in [0, 0.1) is 23.2 Å². The van der Waals surface area contributed by atoms with Crippen LogP contribution < -0.4 is 10.6 Å². The van der Waals surface area contributed by atoms with Gasteiger partial charge in [0.05, 0.1) is 11.0 Å². The van der Waals surface area contributed by atoms with Crippen molar-refractivity contribution in [3.8, 4) is 0 Å². The second kappa shape index (κ2) is 7.81. The van der Waals surface area contributed by atoms with Gasteiger partial charge in [-0.3, -0.25) is 9.59 Å². The van der Waals surface area contributed by atoms with E-state index in [-0.39, 0.29) is 17.2 Å². The zero-order valence-corrected chi connectivity index (χ0v) is 17.2. The third-order valence-electron chi connectivity index (χ3n) is 6.90. The number of anilines is 1. The van der Waals surface area contributed by atoms with Gasteiger partial charge in [0.25, 0.3) is 5.91 Å². The summed E-state index contributed by atoms with van der Waals surface area (Å²) < 4.78 is 5.20. The number of hydrogen-bond acceptors (Lipinski definition) is 4. The van der Waals surface area contributed by atoms with E-state index in [4.69, 9.17) is 4.74 Å². The van der Waals surface area contributed by atoms with E-state index in [1.807, 2.05) is 6.92 Å². The Bertz CT molecular complexity index is 766. The van der Waals surface area contributed by atoms with E-state index < -0.39 is 12.1 Å². The molecule has 0 heterocycles. The quantitative estimate of drug-likeness (QED) is 0.718. The molecule has 1 atom stereocenters. The number of rotatable bonds is 6. The van der Waals surface area contributed by atoms with Crippen LogP contribution in [0.4, 0.5) is 5.69 Å². The standard InChI is InChI=1S/C23H30N2O4/c1-3-24-20(26)14(2)29-21(27)18-4-6-19(7-5-18)25-22(28)23-11-15-8-16(12-23)10-17(9-15)13-23/h4-7,14-17H,3,8-13H2,1-2H3,(H,24,26)(H,25,28)/t14-,15?,16?,17?,23?/m0/s1. The van der Waals surface area contributed by atoms with Gasteiger partial charge in [-0.25, -0.2) is 4.79 Å². The molecule has 0 unspecified atom stereocenters. The van der Waals surface area contributed by atoms with E-state index >= 15 is 0 Å². The van der Waals surface area contributed by atoms with E-state index in [1.54, 1.807) is 31.2 Å². The maximum Gasteiger partial charge on any atom is 0.338 e. The van der Waals surface area contributed by atoms with Crippen LogP contribution in [0.15, 0.2) is 24.3 Å². The first-order chi connectivity index (χ1) is 13.9. The molecule has 1 aromatic carbocycles. The number of esters is 1. The van der Waals surface area contributed by atoms with Gasteiger partial charge in [-0.05, 0) is 94.4 Å². The Morgan fingerprint density at radius 3 is 2.10 bits per heavy atom. The fourth-order valence-electron chi connectivity index (χ4n) is 5.94. The lowest BCUT2D eigenvalue weighted by atomic mass is 9.49. The molecule has 0 saturated heterocycles. The van der Waals surface area contributed by atoms with Crippen LogP contribution >= 0.6 is 0 Å². The van der Waals surface area contributed by atoms with E-state index in [1.165, 1.54) is 19.3 Å². The number of carbonyl (C=O) groups excluding carboxylic acids is 3. The van der Waals surface area contributed by atoms with Gasteiger partial charge in [0.15, 0.2) is 6.10 Å². The van der Waals surface area contributed by atoms with Gasteiger partial charge in [0, 0.05) is 12.2 Å². The predicted molar refractivity (Wildman–Crippen MR) is 109 cm³/mol. The summed E-state index contributed by atoms with van der Waals surface area (Å²) in [4.78, 5) is 37.1. The molecule has 6 nitrogen and oxygen atoms in total. The molecule has 2 amide bonds. The second-order valence-electron chi connectivity index (χ2n) is 9.17. The van der Waals surface area contributed by atoms with Crippen molar-refractivity contribution in [2.75, 3.05) is 11.9 Å². The molecule has 4 bridgehead atoms. The Morgan fingerprint density at radius 1 is 1.03 bits per heavy atom. The van der Waals surface area contributed by atoms with Crippen molar-refractivity contribution in [2.24, 2.45) is 23.2 Å². The summed E-state index contributed by atoms with van der Waals surface area (Å²) in [6.07, 6.45) is 6.12. The highest BCUT2D eigenvalue weighted by atomic mass is 16.5. The van der Waals surface area contributed by atoms with E-state index in [2.05, 4.69) is 10.6 Å². The summed E-state index contributed by atoms with van der Waals surface area (Å²) >= 11 is 0. The van der Waals surface area contributed by atoms with Crippen LogP contribution in [0.2, 0.25) is 0 Å². The van der Waals surface area contributed by atoms with Gasteiger partial charge >= 0.3 is 5.97 Å². The molecule has 4 aliphatic carbocycles. The molecular weight excluding hydrogens is 368 g/mol. The third kappa shape index (κ3) is 4.02. The SMILES string of the molecule is CCNC(=O)[C@H](C)OC(=O)c1ccc(NC(=O)C23CC4CC(CC(C4)C2)C3)cc1. The molecule has 4 fully saturated rings. The maximum absolute atomic E-state index is 13.1. The Kier molecular flexibility index (Phi) is 5.36. The minimum absolute atomic E-state index is 0.136. The lowest BCUT2D eigenvalue weighted by molar-refractivity contribution is -0.140. The van der Waals surface area contributed by atoms with Crippen molar-refractivity contribution in [1.29, 1.82) is 0 Å².